The smallest absolute Gasteiger partial charge is 0.259 e. The molecule has 0 unspecified atom stereocenters. The van der Waals surface area contributed by atoms with Crippen LogP contribution in [0.4, 0.5) is 15.8 Å². The number of phenolic OH excluding ortho intramolecular Hbond substituents is 1. The molecule has 0 saturated carbocycles. The van der Waals surface area contributed by atoms with Gasteiger partial charge in [-0.2, -0.15) is 0 Å². The standard InChI is InChI=1S/C14H12BrFN2O2/c1-18(8-2-4-9(19)5-3-8)14(20)10-6-13(17)12(16)7-11(10)15/h2-7,19H,17H2,1H3. The molecule has 0 bridgehead atoms. The summed E-state index contributed by atoms with van der Waals surface area (Å²) in [6.07, 6.45) is 0. The highest BCUT2D eigenvalue weighted by atomic mass is 79.9. The van der Waals surface area contributed by atoms with E-state index in [1.54, 1.807) is 19.2 Å². The average Bonchev–Trinajstić information content (AvgIpc) is 2.42. The van der Waals surface area contributed by atoms with Crippen molar-refractivity contribution in [2.45, 2.75) is 0 Å². The molecule has 2 aromatic rings. The quantitative estimate of drug-likeness (QED) is 0.826. The molecule has 0 aromatic heterocycles. The van der Waals surface area contributed by atoms with Gasteiger partial charge in [-0.3, -0.25) is 4.79 Å². The fourth-order valence-corrected chi connectivity index (χ4v) is 2.19. The molecule has 0 aliphatic rings. The number of nitrogens with zero attached hydrogens (tertiary/aromatic N) is 1. The van der Waals surface area contributed by atoms with Gasteiger partial charge in [-0.25, -0.2) is 4.39 Å². The highest BCUT2D eigenvalue weighted by Gasteiger charge is 2.18. The minimum atomic E-state index is -0.583. The van der Waals surface area contributed by atoms with Crippen molar-refractivity contribution in [1.82, 2.24) is 0 Å². The third kappa shape index (κ3) is 2.75. The van der Waals surface area contributed by atoms with E-state index in [1.165, 1.54) is 23.1 Å². The van der Waals surface area contributed by atoms with Crippen LogP contribution in [0.3, 0.4) is 0 Å². The number of rotatable bonds is 2. The lowest BCUT2D eigenvalue weighted by atomic mass is 10.1. The summed E-state index contributed by atoms with van der Waals surface area (Å²) in [5.74, 6) is -0.809. The van der Waals surface area contributed by atoms with Crippen LogP contribution in [0.15, 0.2) is 40.9 Å². The maximum atomic E-state index is 13.3. The molecule has 2 aromatic carbocycles. The van der Waals surface area contributed by atoms with E-state index in [4.69, 9.17) is 5.73 Å². The first-order valence-electron chi connectivity index (χ1n) is 5.71. The molecule has 1 amide bonds. The Morgan fingerprint density at radius 1 is 1.30 bits per heavy atom. The van der Waals surface area contributed by atoms with E-state index in [0.29, 0.717) is 10.2 Å². The van der Waals surface area contributed by atoms with Gasteiger partial charge in [0.2, 0.25) is 0 Å². The van der Waals surface area contributed by atoms with Crippen molar-refractivity contribution in [2.24, 2.45) is 0 Å². The van der Waals surface area contributed by atoms with E-state index in [9.17, 15) is 14.3 Å². The molecule has 0 radical (unpaired) electrons. The number of phenols is 1. The van der Waals surface area contributed by atoms with Gasteiger partial charge in [-0.15, -0.1) is 0 Å². The zero-order valence-corrected chi connectivity index (χ0v) is 12.2. The number of hydrogen-bond acceptors (Lipinski definition) is 3. The highest BCUT2D eigenvalue weighted by molar-refractivity contribution is 9.10. The Hall–Kier alpha value is -2.08. The fraction of sp³-hybridized carbons (Fsp3) is 0.0714. The van der Waals surface area contributed by atoms with Crippen LogP contribution >= 0.6 is 15.9 Å². The van der Waals surface area contributed by atoms with Gasteiger partial charge >= 0.3 is 0 Å². The second-order valence-corrected chi connectivity index (χ2v) is 5.09. The van der Waals surface area contributed by atoms with Gasteiger partial charge in [-0.05, 0) is 52.3 Å². The Kier molecular flexibility index (Phi) is 3.94. The molecule has 3 N–H and O–H groups in total. The van der Waals surface area contributed by atoms with Crippen molar-refractivity contribution < 1.29 is 14.3 Å². The highest BCUT2D eigenvalue weighted by Crippen LogP contribution is 2.26. The van der Waals surface area contributed by atoms with Crippen molar-refractivity contribution in [2.75, 3.05) is 17.7 Å². The van der Waals surface area contributed by atoms with Crippen molar-refractivity contribution >= 4 is 33.2 Å². The number of aromatic hydroxyl groups is 1. The lowest BCUT2D eigenvalue weighted by molar-refractivity contribution is 0.0992. The van der Waals surface area contributed by atoms with E-state index >= 15 is 0 Å². The van der Waals surface area contributed by atoms with Crippen molar-refractivity contribution in [3.63, 3.8) is 0 Å². The predicted molar refractivity (Wildman–Crippen MR) is 79.4 cm³/mol. The lowest BCUT2D eigenvalue weighted by Gasteiger charge is -2.18. The van der Waals surface area contributed by atoms with E-state index in [1.807, 2.05) is 0 Å². The molecule has 104 valence electrons. The van der Waals surface area contributed by atoms with Crippen LogP contribution in [-0.2, 0) is 0 Å². The van der Waals surface area contributed by atoms with Crippen LogP contribution in [0, 0.1) is 5.82 Å². The minimum absolute atomic E-state index is 0.0874. The van der Waals surface area contributed by atoms with Crippen LogP contribution in [0.1, 0.15) is 10.4 Å². The summed E-state index contributed by atoms with van der Waals surface area (Å²) < 4.78 is 13.6. The number of nitrogen functional groups attached to an aromatic ring is 1. The summed E-state index contributed by atoms with van der Waals surface area (Å²) >= 11 is 3.15. The monoisotopic (exact) mass is 338 g/mol. The number of nitrogens with two attached hydrogens (primary N) is 1. The van der Waals surface area contributed by atoms with Gasteiger partial charge in [0.25, 0.3) is 5.91 Å². The van der Waals surface area contributed by atoms with Crippen LogP contribution in [0.5, 0.6) is 5.75 Å². The number of carbonyl (C=O) groups is 1. The Labute approximate surface area is 123 Å². The molecule has 6 heteroatoms. The molecule has 4 nitrogen and oxygen atoms in total. The van der Waals surface area contributed by atoms with E-state index in [-0.39, 0.29) is 22.9 Å². The van der Waals surface area contributed by atoms with Crippen molar-refractivity contribution in [1.29, 1.82) is 0 Å². The molecule has 2 rings (SSSR count). The molecule has 0 fully saturated rings. The second kappa shape index (κ2) is 5.50. The topological polar surface area (TPSA) is 66.6 Å². The summed E-state index contributed by atoms with van der Waals surface area (Å²) in [5.41, 5.74) is 6.26. The summed E-state index contributed by atoms with van der Waals surface area (Å²) in [6, 6.07) is 8.62. The summed E-state index contributed by atoms with van der Waals surface area (Å²) in [6.45, 7) is 0. The molecule has 0 saturated heterocycles. The Morgan fingerprint density at radius 2 is 1.90 bits per heavy atom. The molecule has 0 aliphatic carbocycles. The molecule has 0 aliphatic heterocycles. The Morgan fingerprint density at radius 3 is 2.50 bits per heavy atom. The zero-order chi connectivity index (χ0) is 14.9. The molecule has 0 spiro atoms. The van der Waals surface area contributed by atoms with Crippen LogP contribution in [0.25, 0.3) is 0 Å². The van der Waals surface area contributed by atoms with Gasteiger partial charge in [-0.1, -0.05) is 0 Å². The van der Waals surface area contributed by atoms with E-state index < -0.39 is 5.82 Å². The molecule has 0 heterocycles. The number of carbonyl (C=O) groups excluding carboxylic acids is 1. The zero-order valence-electron chi connectivity index (χ0n) is 10.6. The van der Waals surface area contributed by atoms with Gasteiger partial charge in [0.05, 0.1) is 11.3 Å². The first kappa shape index (κ1) is 14.3. The number of hydrogen-bond donors (Lipinski definition) is 2. The number of anilines is 2. The van der Waals surface area contributed by atoms with E-state index in [2.05, 4.69) is 15.9 Å². The molecular weight excluding hydrogens is 327 g/mol. The number of halogens is 2. The van der Waals surface area contributed by atoms with E-state index in [0.717, 1.165) is 6.07 Å². The third-order valence-corrected chi connectivity index (χ3v) is 3.51. The first-order valence-corrected chi connectivity index (χ1v) is 6.51. The Bertz CT molecular complexity index is 659. The maximum absolute atomic E-state index is 13.3. The third-order valence-electron chi connectivity index (χ3n) is 2.86. The largest absolute Gasteiger partial charge is 0.508 e. The second-order valence-electron chi connectivity index (χ2n) is 4.23. The lowest BCUT2D eigenvalue weighted by Crippen LogP contribution is -2.26. The van der Waals surface area contributed by atoms with Crippen LogP contribution in [0.2, 0.25) is 0 Å². The van der Waals surface area contributed by atoms with Crippen LogP contribution in [-0.4, -0.2) is 18.1 Å². The number of amides is 1. The summed E-state index contributed by atoms with van der Waals surface area (Å²) in [4.78, 5) is 13.8. The van der Waals surface area contributed by atoms with Crippen LogP contribution < -0.4 is 10.6 Å². The molecule has 20 heavy (non-hydrogen) atoms. The Balaban J connectivity index is 2.36. The first-order chi connectivity index (χ1) is 9.40. The minimum Gasteiger partial charge on any atom is -0.508 e. The fourth-order valence-electron chi connectivity index (χ4n) is 1.70. The van der Waals surface area contributed by atoms with Crippen molar-refractivity contribution in [3.8, 4) is 5.75 Å². The SMILES string of the molecule is CN(C(=O)c1cc(N)c(F)cc1Br)c1ccc(O)cc1. The van der Waals surface area contributed by atoms with Crippen molar-refractivity contribution in [3.05, 3.63) is 52.3 Å². The van der Waals surface area contributed by atoms with Gasteiger partial charge in [0.1, 0.15) is 11.6 Å². The van der Waals surface area contributed by atoms with Gasteiger partial charge in [0.15, 0.2) is 0 Å². The average molecular weight is 339 g/mol. The maximum Gasteiger partial charge on any atom is 0.259 e. The normalized spacial score (nSPS) is 10.3. The van der Waals surface area contributed by atoms with Gasteiger partial charge < -0.3 is 15.7 Å². The predicted octanol–water partition coefficient (Wildman–Crippen LogP) is 3.15. The number of benzene rings is 2. The summed E-state index contributed by atoms with van der Waals surface area (Å²) in [7, 11) is 1.58. The molecule has 0 atom stereocenters. The molecular formula is C14H12BrFN2O2. The van der Waals surface area contributed by atoms with Gasteiger partial charge in [0, 0.05) is 17.2 Å². The summed E-state index contributed by atoms with van der Waals surface area (Å²) in [5, 5.41) is 9.24.